The molecule has 0 bridgehead atoms. The number of halogens is 1. The van der Waals surface area contributed by atoms with Gasteiger partial charge in [-0.25, -0.2) is 9.37 Å². The Morgan fingerprint density at radius 1 is 1.33 bits per heavy atom. The van der Waals surface area contributed by atoms with Gasteiger partial charge in [0, 0.05) is 31.5 Å². The molecule has 2 aromatic rings. The van der Waals surface area contributed by atoms with Gasteiger partial charge in [-0.3, -0.25) is 4.79 Å². The van der Waals surface area contributed by atoms with Crippen molar-refractivity contribution in [2.45, 2.75) is 25.8 Å². The minimum Gasteiger partial charge on any atom is -0.371 e. The predicted molar refractivity (Wildman–Crippen MR) is 79.1 cm³/mol. The number of carbonyl (C=O) groups excluding carboxylic acids is 1. The van der Waals surface area contributed by atoms with Crippen molar-refractivity contribution in [1.29, 1.82) is 0 Å². The first-order valence-corrected chi connectivity index (χ1v) is 7.18. The third kappa shape index (κ3) is 2.68. The Kier molecular flexibility index (Phi) is 3.73. The number of hydrogen-bond acceptors (Lipinski definition) is 3. The summed E-state index contributed by atoms with van der Waals surface area (Å²) >= 11 is 0. The van der Waals surface area contributed by atoms with E-state index >= 15 is 0 Å². The SMILES string of the molecule is CC(=O)c1c(F)cccc1N1CCC(n2ccnc2)CC1. The molecule has 1 aliphatic heterocycles. The Morgan fingerprint density at radius 3 is 2.71 bits per heavy atom. The first kappa shape index (κ1) is 13.8. The zero-order chi connectivity index (χ0) is 14.8. The van der Waals surface area contributed by atoms with E-state index in [1.54, 1.807) is 12.3 Å². The molecule has 1 fully saturated rings. The molecule has 0 saturated carbocycles. The third-order valence-corrected chi connectivity index (χ3v) is 4.10. The van der Waals surface area contributed by atoms with Gasteiger partial charge in [0.2, 0.25) is 0 Å². The molecule has 2 heterocycles. The van der Waals surface area contributed by atoms with Crippen LogP contribution in [0.25, 0.3) is 0 Å². The van der Waals surface area contributed by atoms with Gasteiger partial charge in [-0.1, -0.05) is 6.07 Å². The molecule has 0 N–H and O–H groups in total. The molecular formula is C16H18FN3O. The maximum atomic E-state index is 13.9. The van der Waals surface area contributed by atoms with Crippen LogP contribution in [-0.2, 0) is 0 Å². The zero-order valence-corrected chi connectivity index (χ0v) is 12.0. The number of Topliss-reactive ketones (excluding diaryl/α,β-unsaturated/α-hetero) is 1. The summed E-state index contributed by atoms with van der Waals surface area (Å²) in [6.07, 6.45) is 7.52. The van der Waals surface area contributed by atoms with Crippen molar-refractivity contribution in [2.24, 2.45) is 0 Å². The van der Waals surface area contributed by atoms with E-state index in [1.807, 2.05) is 18.6 Å². The second kappa shape index (κ2) is 5.68. The number of anilines is 1. The van der Waals surface area contributed by atoms with Gasteiger partial charge < -0.3 is 9.47 Å². The van der Waals surface area contributed by atoms with Gasteiger partial charge in [0.15, 0.2) is 5.78 Å². The first-order valence-electron chi connectivity index (χ1n) is 7.18. The normalized spacial score (nSPS) is 16.2. The van der Waals surface area contributed by atoms with Crippen molar-refractivity contribution in [1.82, 2.24) is 9.55 Å². The second-order valence-electron chi connectivity index (χ2n) is 5.42. The van der Waals surface area contributed by atoms with Crippen LogP contribution in [-0.4, -0.2) is 28.4 Å². The first-order chi connectivity index (χ1) is 10.2. The lowest BCUT2D eigenvalue weighted by atomic mass is 10.0. The summed E-state index contributed by atoms with van der Waals surface area (Å²) in [5, 5.41) is 0. The highest BCUT2D eigenvalue weighted by atomic mass is 19.1. The summed E-state index contributed by atoms with van der Waals surface area (Å²) in [5.41, 5.74) is 0.921. The third-order valence-electron chi connectivity index (χ3n) is 4.10. The maximum Gasteiger partial charge on any atom is 0.164 e. The van der Waals surface area contributed by atoms with E-state index in [0.717, 1.165) is 25.9 Å². The monoisotopic (exact) mass is 287 g/mol. The molecule has 3 rings (SSSR count). The van der Waals surface area contributed by atoms with Gasteiger partial charge >= 0.3 is 0 Å². The highest BCUT2D eigenvalue weighted by molar-refractivity contribution is 6.00. The molecule has 5 heteroatoms. The van der Waals surface area contributed by atoms with Crippen LogP contribution in [0.5, 0.6) is 0 Å². The van der Waals surface area contributed by atoms with E-state index < -0.39 is 5.82 Å². The molecule has 1 aromatic heterocycles. The highest BCUT2D eigenvalue weighted by Crippen LogP contribution is 2.30. The average molecular weight is 287 g/mol. The summed E-state index contributed by atoms with van der Waals surface area (Å²) < 4.78 is 16.0. The Labute approximate surface area is 123 Å². The molecule has 0 radical (unpaired) electrons. The molecule has 110 valence electrons. The fraction of sp³-hybridized carbons (Fsp3) is 0.375. The van der Waals surface area contributed by atoms with Gasteiger partial charge in [-0.15, -0.1) is 0 Å². The molecule has 4 nitrogen and oxygen atoms in total. The molecule has 1 aliphatic rings. The van der Waals surface area contributed by atoms with Crippen LogP contribution < -0.4 is 4.90 Å². The lowest BCUT2D eigenvalue weighted by Gasteiger charge is -2.35. The van der Waals surface area contributed by atoms with Crippen LogP contribution in [0.4, 0.5) is 10.1 Å². The minimum absolute atomic E-state index is 0.207. The van der Waals surface area contributed by atoms with Crippen LogP contribution in [0.2, 0.25) is 0 Å². The quantitative estimate of drug-likeness (QED) is 0.814. The van der Waals surface area contributed by atoms with Crippen molar-refractivity contribution in [2.75, 3.05) is 18.0 Å². The maximum absolute atomic E-state index is 13.9. The number of aromatic nitrogens is 2. The largest absolute Gasteiger partial charge is 0.371 e. The van der Waals surface area contributed by atoms with Gasteiger partial charge in [0.05, 0.1) is 17.6 Å². The fourth-order valence-corrected chi connectivity index (χ4v) is 3.02. The van der Waals surface area contributed by atoms with E-state index in [4.69, 9.17) is 0 Å². The van der Waals surface area contributed by atoms with Crippen molar-refractivity contribution in [3.8, 4) is 0 Å². The highest BCUT2D eigenvalue weighted by Gasteiger charge is 2.24. The second-order valence-corrected chi connectivity index (χ2v) is 5.42. The Bertz CT molecular complexity index is 631. The van der Waals surface area contributed by atoms with Crippen LogP contribution in [0.15, 0.2) is 36.9 Å². The van der Waals surface area contributed by atoms with Gasteiger partial charge in [0.25, 0.3) is 0 Å². The summed E-state index contributed by atoms with van der Waals surface area (Å²) in [4.78, 5) is 17.9. The van der Waals surface area contributed by atoms with Gasteiger partial charge in [0.1, 0.15) is 5.82 Å². The molecule has 1 aromatic carbocycles. The average Bonchev–Trinajstić information content (AvgIpc) is 3.01. The lowest BCUT2D eigenvalue weighted by molar-refractivity contribution is 0.101. The summed E-state index contributed by atoms with van der Waals surface area (Å²) in [5.74, 6) is -0.656. The molecule has 21 heavy (non-hydrogen) atoms. The Balaban J connectivity index is 1.78. The van der Waals surface area contributed by atoms with Crippen LogP contribution in [0.1, 0.15) is 36.2 Å². The van der Waals surface area contributed by atoms with Gasteiger partial charge in [-0.2, -0.15) is 0 Å². The number of benzene rings is 1. The molecular weight excluding hydrogens is 269 g/mol. The predicted octanol–water partition coefficient (Wildman–Crippen LogP) is 3.07. The van der Waals surface area contributed by atoms with Crippen molar-refractivity contribution in [3.63, 3.8) is 0 Å². The number of imidazole rings is 1. The standard InChI is InChI=1S/C16H18FN3O/c1-12(21)16-14(17)3-2-4-15(16)19-8-5-13(6-9-19)20-10-7-18-11-20/h2-4,7,10-11,13H,5-6,8-9H2,1H3. The van der Waals surface area contributed by atoms with Crippen molar-refractivity contribution in [3.05, 3.63) is 48.3 Å². The van der Waals surface area contributed by atoms with Crippen molar-refractivity contribution < 1.29 is 9.18 Å². The van der Waals surface area contributed by atoms with Crippen LogP contribution >= 0.6 is 0 Å². The number of nitrogens with zero attached hydrogens (tertiary/aromatic N) is 3. The van der Waals surface area contributed by atoms with E-state index in [0.29, 0.717) is 11.7 Å². The summed E-state index contributed by atoms with van der Waals surface area (Å²) in [6.45, 7) is 3.04. The Morgan fingerprint density at radius 2 is 2.10 bits per heavy atom. The summed E-state index contributed by atoms with van der Waals surface area (Å²) in [6, 6.07) is 5.27. The van der Waals surface area contributed by atoms with Crippen LogP contribution in [0.3, 0.4) is 0 Å². The fourth-order valence-electron chi connectivity index (χ4n) is 3.02. The molecule has 1 saturated heterocycles. The van der Waals surface area contributed by atoms with E-state index in [-0.39, 0.29) is 11.3 Å². The number of ketones is 1. The lowest BCUT2D eigenvalue weighted by Crippen LogP contribution is -2.35. The van der Waals surface area contributed by atoms with E-state index in [2.05, 4.69) is 14.5 Å². The Hall–Kier alpha value is -2.17. The van der Waals surface area contributed by atoms with E-state index in [9.17, 15) is 9.18 Å². The number of piperidine rings is 1. The number of hydrogen-bond donors (Lipinski definition) is 0. The van der Waals surface area contributed by atoms with Crippen LogP contribution in [0, 0.1) is 5.82 Å². The molecule has 0 atom stereocenters. The smallest absolute Gasteiger partial charge is 0.164 e. The molecule has 0 aliphatic carbocycles. The molecule has 0 amide bonds. The number of carbonyl (C=O) groups is 1. The minimum atomic E-state index is -0.434. The van der Waals surface area contributed by atoms with E-state index in [1.165, 1.54) is 13.0 Å². The number of rotatable bonds is 3. The molecule has 0 unspecified atom stereocenters. The summed E-state index contributed by atoms with van der Waals surface area (Å²) in [7, 11) is 0. The van der Waals surface area contributed by atoms with Crippen molar-refractivity contribution >= 4 is 11.5 Å². The molecule has 0 spiro atoms. The topological polar surface area (TPSA) is 38.1 Å². The van der Waals surface area contributed by atoms with Gasteiger partial charge in [-0.05, 0) is 31.9 Å². The zero-order valence-electron chi connectivity index (χ0n) is 12.0.